The first-order chi connectivity index (χ1) is 9.29. The molecular weight excluding hydrogens is 387 g/mol. The summed E-state index contributed by atoms with van der Waals surface area (Å²) >= 11 is 14.9. The molecule has 0 atom stereocenters. The molecule has 0 saturated carbocycles. The number of hydrogen-bond donors (Lipinski definition) is 2. The summed E-state index contributed by atoms with van der Waals surface area (Å²) in [6.07, 6.45) is 0. The third-order valence-electron chi connectivity index (χ3n) is 2.44. The molecule has 0 radical (unpaired) electrons. The standard InChI is InChI=1S/C12H9BrCl2N2O2S/c13-9-3-2-8(6-10(9)15)17-20(18,19)12-5-7(14)1-4-11(12)16/h1-6,17H,16H2. The van der Waals surface area contributed by atoms with Crippen molar-refractivity contribution in [3.05, 3.63) is 50.9 Å². The lowest BCUT2D eigenvalue weighted by Gasteiger charge is -2.11. The summed E-state index contributed by atoms with van der Waals surface area (Å²) in [5.41, 5.74) is 6.12. The van der Waals surface area contributed by atoms with Crippen LogP contribution in [-0.2, 0) is 10.0 Å². The molecule has 0 fully saturated rings. The Morgan fingerprint density at radius 3 is 2.45 bits per heavy atom. The van der Waals surface area contributed by atoms with E-state index in [-0.39, 0.29) is 15.6 Å². The number of hydrogen-bond acceptors (Lipinski definition) is 3. The van der Waals surface area contributed by atoms with Gasteiger partial charge in [0, 0.05) is 9.50 Å². The SMILES string of the molecule is Nc1ccc(Cl)cc1S(=O)(=O)Nc1ccc(Br)c(Cl)c1. The Morgan fingerprint density at radius 2 is 1.80 bits per heavy atom. The van der Waals surface area contributed by atoms with Crippen molar-refractivity contribution < 1.29 is 8.42 Å². The molecule has 3 N–H and O–H groups in total. The molecule has 0 aliphatic carbocycles. The van der Waals surface area contributed by atoms with Gasteiger partial charge in [0.2, 0.25) is 0 Å². The molecule has 0 aromatic heterocycles. The van der Waals surface area contributed by atoms with Crippen LogP contribution >= 0.6 is 39.1 Å². The fraction of sp³-hybridized carbons (Fsp3) is 0. The van der Waals surface area contributed by atoms with Gasteiger partial charge in [-0.2, -0.15) is 0 Å². The quantitative estimate of drug-likeness (QED) is 0.767. The summed E-state index contributed by atoms with van der Waals surface area (Å²) in [6, 6.07) is 8.96. The van der Waals surface area contributed by atoms with E-state index in [1.807, 2.05) is 0 Å². The zero-order valence-electron chi connectivity index (χ0n) is 9.90. The molecular formula is C12H9BrCl2N2O2S. The fourth-order valence-electron chi connectivity index (χ4n) is 1.51. The Labute approximate surface area is 135 Å². The van der Waals surface area contributed by atoms with Gasteiger partial charge in [0.25, 0.3) is 10.0 Å². The molecule has 20 heavy (non-hydrogen) atoms. The molecule has 2 aromatic carbocycles. The van der Waals surface area contributed by atoms with E-state index in [2.05, 4.69) is 20.7 Å². The van der Waals surface area contributed by atoms with E-state index in [1.54, 1.807) is 12.1 Å². The van der Waals surface area contributed by atoms with E-state index >= 15 is 0 Å². The Morgan fingerprint density at radius 1 is 1.10 bits per heavy atom. The molecule has 0 spiro atoms. The molecule has 8 heteroatoms. The first kappa shape index (κ1) is 15.4. The second kappa shape index (κ2) is 5.81. The van der Waals surface area contributed by atoms with Crippen LogP contribution in [0.1, 0.15) is 0 Å². The highest BCUT2D eigenvalue weighted by atomic mass is 79.9. The molecule has 2 aromatic rings. The molecule has 0 amide bonds. The van der Waals surface area contributed by atoms with Crippen molar-refractivity contribution in [3.63, 3.8) is 0 Å². The summed E-state index contributed by atoms with van der Waals surface area (Å²) < 4.78 is 27.6. The minimum absolute atomic E-state index is 0.0796. The van der Waals surface area contributed by atoms with Crippen molar-refractivity contribution in [2.24, 2.45) is 0 Å². The highest BCUT2D eigenvalue weighted by Gasteiger charge is 2.18. The molecule has 0 heterocycles. The van der Waals surface area contributed by atoms with Gasteiger partial charge >= 0.3 is 0 Å². The lowest BCUT2D eigenvalue weighted by molar-refractivity contribution is 0.601. The molecule has 2 rings (SSSR count). The first-order valence-electron chi connectivity index (χ1n) is 5.32. The number of halogens is 3. The van der Waals surface area contributed by atoms with Gasteiger partial charge in [-0.25, -0.2) is 8.42 Å². The average Bonchev–Trinajstić information content (AvgIpc) is 2.36. The van der Waals surface area contributed by atoms with Gasteiger partial charge in [-0.05, 0) is 52.3 Å². The summed E-state index contributed by atoms with van der Waals surface area (Å²) in [4.78, 5) is -0.0796. The van der Waals surface area contributed by atoms with Crippen LogP contribution in [-0.4, -0.2) is 8.42 Å². The molecule has 0 aliphatic heterocycles. The van der Waals surface area contributed by atoms with Crippen LogP contribution in [0.2, 0.25) is 10.0 Å². The third kappa shape index (κ3) is 3.38. The Bertz CT molecular complexity index is 766. The van der Waals surface area contributed by atoms with E-state index in [0.717, 1.165) is 0 Å². The van der Waals surface area contributed by atoms with Crippen molar-refractivity contribution in [2.75, 3.05) is 10.5 Å². The van der Waals surface area contributed by atoms with E-state index in [9.17, 15) is 8.42 Å². The van der Waals surface area contributed by atoms with Crippen molar-refractivity contribution in [1.29, 1.82) is 0 Å². The number of nitrogen functional groups attached to an aromatic ring is 1. The molecule has 106 valence electrons. The number of benzene rings is 2. The number of nitrogens with one attached hydrogen (secondary N) is 1. The number of sulfonamides is 1. The van der Waals surface area contributed by atoms with Gasteiger partial charge in [0.05, 0.1) is 16.4 Å². The van der Waals surface area contributed by atoms with Crippen LogP contribution in [0.3, 0.4) is 0 Å². The van der Waals surface area contributed by atoms with Crippen LogP contribution in [0.4, 0.5) is 11.4 Å². The summed E-state index contributed by atoms with van der Waals surface area (Å²) in [5, 5.41) is 0.678. The van der Waals surface area contributed by atoms with Crippen LogP contribution in [0.15, 0.2) is 45.8 Å². The zero-order valence-corrected chi connectivity index (χ0v) is 13.8. The third-order valence-corrected chi connectivity index (χ3v) is 5.34. The minimum atomic E-state index is -3.83. The van der Waals surface area contributed by atoms with E-state index in [1.165, 1.54) is 24.3 Å². The zero-order chi connectivity index (χ0) is 14.9. The largest absolute Gasteiger partial charge is 0.398 e. The average molecular weight is 396 g/mol. The molecule has 0 unspecified atom stereocenters. The molecule has 0 saturated heterocycles. The number of anilines is 2. The molecule has 4 nitrogen and oxygen atoms in total. The summed E-state index contributed by atoms with van der Waals surface area (Å²) in [6.45, 7) is 0. The van der Waals surface area contributed by atoms with E-state index in [4.69, 9.17) is 28.9 Å². The summed E-state index contributed by atoms with van der Waals surface area (Å²) in [5.74, 6) is 0. The fourth-order valence-corrected chi connectivity index (χ4v) is 3.38. The maximum absolute atomic E-state index is 12.3. The van der Waals surface area contributed by atoms with Crippen LogP contribution in [0.5, 0.6) is 0 Å². The van der Waals surface area contributed by atoms with Gasteiger partial charge in [0.1, 0.15) is 4.90 Å². The van der Waals surface area contributed by atoms with Crippen molar-refractivity contribution in [2.45, 2.75) is 4.90 Å². The lowest BCUT2D eigenvalue weighted by Crippen LogP contribution is -2.14. The first-order valence-corrected chi connectivity index (χ1v) is 8.36. The van der Waals surface area contributed by atoms with Crippen LogP contribution in [0, 0.1) is 0 Å². The van der Waals surface area contributed by atoms with Crippen molar-refractivity contribution >= 4 is 60.5 Å². The van der Waals surface area contributed by atoms with Gasteiger partial charge in [-0.3, -0.25) is 4.72 Å². The van der Waals surface area contributed by atoms with Gasteiger partial charge < -0.3 is 5.73 Å². The second-order valence-electron chi connectivity index (χ2n) is 3.92. The highest BCUT2D eigenvalue weighted by molar-refractivity contribution is 9.10. The molecule has 0 bridgehead atoms. The summed E-state index contributed by atoms with van der Waals surface area (Å²) in [7, 11) is -3.83. The Kier molecular flexibility index (Phi) is 4.49. The predicted molar refractivity (Wildman–Crippen MR) is 85.8 cm³/mol. The van der Waals surface area contributed by atoms with E-state index < -0.39 is 10.0 Å². The Balaban J connectivity index is 2.40. The normalized spacial score (nSPS) is 11.3. The number of nitrogens with two attached hydrogens (primary N) is 1. The second-order valence-corrected chi connectivity index (χ2v) is 7.27. The van der Waals surface area contributed by atoms with Crippen molar-refractivity contribution in [1.82, 2.24) is 0 Å². The maximum Gasteiger partial charge on any atom is 0.263 e. The predicted octanol–water partition coefficient (Wildman–Crippen LogP) is 4.14. The minimum Gasteiger partial charge on any atom is -0.398 e. The van der Waals surface area contributed by atoms with Gasteiger partial charge in [0.15, 0.2) is 0 Å². The number of rotatable bonds is 3. The van der Waals surface area contributed by atoms with Gasteiger partial charge in [-0.1, -0.05) is 23.2 Å². The molecule has 0 aliphatic rings. The van der Waals surface area contributed by atoms with Crippen LogP contribution < -0.4 is 10.5 Å². The van der Waals surface area contributed by atoms with Crippen LogP contribution in [0.25, 0.3) is 0 Å². The van der Waals surface area contributed by atoms with Crippen molar-refractivity contribution in [3.8, 4) is 0 Å². The Hall–Kier alpha value is -0.950. The lowest BCUT2D eigenvalue weighted by atomic mass is 10.3. The maximum atomic E-state index is 12.3. The van der Waals surface area contributed by atoms with Gasteiger partial charge in [-0.15, -0.1) is 0 Å². The van der Waals surface area contributed by atoms with E-state index in [0.29, 0.717) is 15.2 Å². The topological polar surface area (TPSA) is 72.2 Å². The smallest absolute Gasteiger partial charge is 0.263 e. The highest BCUT2D eigenvalue weighted by Crippen LogP contribution is 2.28. The monoisotopic (exact) mass is 394 g/mol.